The predicted molar refractivity (Wildman–Crippen MR) is 113 cm³/mol. The Morgan fingerprint density at radius 1 is 1.00 bits per heavy atom. The highest BCUT2D eigenvalue weighted by atomic mass is 16.5. The minimum atomic E-state index is -0.243. The monoisotopic (exact) mass is 380 g/mol. The Morgan fingerprint density at radius 2 is 1.68 bits per heavy atom. The van der Waals surface area contributed by atoms with Gasteiger partial charge in [0.05, 0.1) is 23.7 Å². The van der Waals surface area contributed by atoms with Gasteiger partial charge in [0.1, 0.15) is 11.6 Å². The molecule has 2 aromatic heterocycles. The molecule has 0 radical (unpaired) electrons. The molecule has 0 spiro atoms. The Labute approximate surface area is 165 Å². The molecule has 3 aromatic rings. The van der Waals surface area contributed by atoms with Crippen LogP contribution in [0.5, 0.6) is 5.75 Å². The van der Waals surface area contributed by atoms with E-state index in [2.05, 4.69) is 25.7 Å². The molecular weight excluding hydrogens is 352 g/mol. The van der Waals surface area contributed by atoms with Gasteiger partial charge in [0.25, 0.3) is 0 Å². The van der Waals surface area contributed by atoms with Gasteiger partial charge in [0.2, 0.25) is 5.95 Å². The Bertz CT molecular complexity index is 981. The van der Waals surface area contributed by atoms with Crippen LogP contribution in [0.3, 0.4) is 0 Å². The summed E-state index contributed by atoms with van der Waals surface area (Å²) in [6.45, 7) is 8.20. The predicted octanol–water partition coefficient (Wildman–Crippen LogP) is 3.83. The number of nitrogen functional groups attached to an aromatic ring is 1. The molecule has 1 fully saturated rings. The van der Waals surface area contributed by atoms with E-state index in [1.807, 2.05) is 28.9 Å². The number of hydrogen-bond donors (Lipinski definition) is 1. The van der Waals surface area contributed by atoms with Crippen molar-refractivity contribution in [3.63, 3.8) is 0 Å². The highest BCUT2D eigenvalue weighted by Crippen LogP contribution is 2.35. The number of aromatic nitrogens is 4. The first-order valence-corrected chi connectivity index (χ1v) is 9.84. The van der Waals surface area contributed by atoms with Gasteiger partial charge in [-0.3, -0.25) is 0 Å². The number of nitrogens with zero attached hydrogens (tertiary/aromatic N) is 5. The minimum Gasteiger partial charge on any atom is -0.497 e. The van der Waals surface area contributed by atoms with Crippen molar-refractivity contribution in [2.24, 2.45) is 0 Å². The van der Waals surface area contributed by atoms with Crippen LogP contribution in [0.15, 0.2) is 24.3 Å². The summed E-state index contributed by atoms with van der Waals surface area (Å²) in [5, 5.41) is 5.55. The van der Waals surface area contributed by atoms with E-state index in [1.165, 1.54) is 6.42 Å². The van der Waals surface area contributed by atoms with E-state index in [4.69, 9.17) is 25.5 Å². The van der Waals surface area contributed by atoms with Gasteiger partial charge in [-0.15, -0.1) is 5.10 Å². The Hall–Kier alpha value is -2.83. The molecule has 3 heterocycles. The summed E-state index contributed by atoms with van der Waals surface area (Å²) in [5.41, 5.74) is 8.73. The van der Waals surface area contributed by atoms with Gasteiger partial charge in [0, 0.05) is 18.7 Å². The number of ether oxygens (including phenoxy) is 1. The molecule has 0 unspecified atom stereocenters. The third-order valence-electron chi connectivity index (χ3n) is 5.19. The van der Waals surface area contributed by atoms with E-state index in [9.17, 15) is 0 Å². The Morgan fingerprint density at radius 3 is 2.29 bits per heavy atom. The van der Waals surface area contributed by atoms with Gasteiger partial charge in [-0.1, -0.05) is 0 Å². The quantitative estimate of drug-likeness (QED) is 0.744. The molecule has 1 aromatic carbocycles. The summed E-state index contributed by atoms with van der Waals surface area (Å²) in [5.74, 6) is 2.14. The molecule has 1 aliphatic heterocycles. The number of benzene rings is 1. The zero-order valence-corrected chi connectivity index (χ0v) is 17.1. The summed E-state index contributed by atoms with van der Waals surface area (Å²) in [6, 6.07) is 7.89. The molecule has 7 nitrogen and oxygen atoms in total. The first-order chi connectivity index (χ1) is 13.4. The highest BCUT2D eigenvalue weighted by molar-refractivity contribution is 5.99. The van der Waals surface area contributed by atoms with Crippen LogP contribution in [0, 0.1) is 0 Å². The van der Waals surface area contributed by atoms with Crippen LogP contribution in [0.2, 0.25) is 0 Å². The number of methoxy groups -OCH3 is 1. The second-order valence-corrected chi connectivity index (χ2v) is 8.31. The fourth-order valence-corrected chi connectivity index (χ4v) is 3.70. The lowest BCUT2D eigenvalue weighted by molar-refractivity contribution is 0.364. The van der Waals surface area contributed by atoms with Crippen LogP contribution < -0.4 is 15.4 Å². The van der Waals surface area contributed by atoms with Gasteiger partial charge in [-0.2, -0.15) is 4.98 Å². The van der Waals surface area contributed by atoms with Crippen LogP contribution in [-0.2, 0) is 5.54 Å². The molecule has 4 rings (SSSR count). The van der Waals surface area contributed by atoms with Gasteiger partial charge < -0.3 is 15.4 Å². The lowest BCUT2D eigenvalue weighted by Gasteiger charge is -2.26. The summed E-state index contributed by atoms with van der Waals surface area (Å²) >= 11 is 0. The van der Waals surface area contributed by atoms with Gasteiger partial charge in [-0.05, 0) is 64.3 Å². The molecule has 1 aliphatic rings. The average molecular weight is 380 g/mol. The van der Waals surface area contributed by atoms with Crippen molar-refractivity contribution >= 4 is 22.8 Å². The SMILES string of the molecule is COc1ccc(-c2nc(N3CCCCC3)nc3nn(C(C)(C)C)c(N)c23)cc1. The van der Waals surface area contributed by atoms with E-state index in [0.717, 1.165) is 54.3 Å². The standard InChI is InChI=1S/C21H28N6O/c1-21(2,3)27-18(22)16-17(14-8-10-15(28-4)11-9-14)23-20(24-19(16)25-27)26-12-6-5-7-13-26/h8-11H,5-7,12-13,22H2,1-4H3. The third-order valence-corrected chi connectivity index (χ3v) is 5.19. The first-order valence-electron chi connectivity index (χ1n) is 9.84. The summed E-state index contributed by atoms with van der Waals surface area (Å²) in [4.78, 5) is 12.0. The molecule has 0 bridgehead atoms. The molecular formula is C21H28N6O. The largest absolute Gasteiger partial charge is 0.497 e. The van der Waals surface area contributed by atoms with E-state index >= 15 is 0 Å². The van der Waals surface area contributed by atoms with E-state index in [-0.39, 0.29) is 5.54 Å². The number of anilines is 2. The smallest absolute Gasteiger partial charge is 0.228 e. The van der Waals surface area contributed by atoms with E-state index < -0.39 is 0 Å². The highest BCUT2D eigenvalue weighted by Gasteiger charge is 2.25. The van der Waals surface area contributed by atoms with Crippen molar-refractivity contribution in [3.05, 3.63) is 24.3 Å². The van der Waals surface area contributed by atoms with Crippen molar-refractivity contribution in [3.8, 4) is 17.0 Å². The number of nitrogens with two attached hydrogens (primary N) is 1. The van der Waals surface area contributed by atoms with E-state index in [0.29, 0.717) is 11.5 Å². The van der Waals surface area contributed by atoms with Crippen molar-refractivity contribution in [1.29, 1.82) is 0 Å². The van der Waals surface area contributed by atoms with Crippen molar-refractivity contribution in [1.82, 2.24) is 19.7 Å². The summed E-state index contributed by atoms with van der Waals surface area (Å²) < 4.78 is 7.15. The maximum atomic E-state index is 6.53. The maximum absolute atomic E-state index is 6.53. The number of fused-ring (bicyclic) bond motifs is 1. The van der Waals surface area contributed by atoms with Crippen LogP contribution in [0.4, 0.5) is 11.8 Å². The molecule has 1 saturated heterocycles. The molecule has 7 heteroatoms. The fourth-order valence-electron chi connectivity index (χ4n) is 3.70. The topological polar surface area (TPSA) is 82.1 Å². The average Bonchev–Trinajstić information content (AvgIpc) is 3.05. The summed E-state index contributed by atoms with van der Waals surface area (Å²) in [7, 11) is 1.66. The lowest BCUT2D eigenvalue weighted by atomic mass is 10.1. The molecule has 0 saturated carbocycles. The molecule has 0 aliphatic carbocycles. The number of hydrogen-bond acceptors (Lipinski definition) is 6. The zero-order valence-electron chi connectivity index (χ0n) is 17.1. The van der Waals surface area contributed by atoms with Gasteiger partial charge >= 0.3 is 0 Å². The van der Waals surface area contributed by atoms with Gasteiger partial charge in [-0.25, -0.2) is 9.67 Å². The molecule has 2 N–H and O–H groups in total. The van der Waals surface area contributed by atoms with Crippen molar-refractivity contribution < 1.29 is 4.74 Å². The number of rotatable bonds is 3. The molecule has 0 amide bonds. The van der Waals surface area contributed by atoms with Crippen LogP contribution in [-0.4, -0.2) is 39.9 Å². The van der Waals surface area contributed by atoms with Crippen LogP contribution in [0.25, 0.3) is 22.3 Å². The van der Waals surface area contributed by atoms with E-state index in [1.54, 1.807) is 7.11 Å². The zero-order chi connectivity index (χ0) is 19.9. The second kappa shape index (κ2) is 6.96. The fraction of sp³-hybridized carbons (Fsp3) is 0.476. The maximum Gasteiger partial charge on any atom is 0.228 e. The minimum absolute atomic E-state index is 0.243. The molecule has 148 valence electrons. The van der Waals surface area contributed by atoms with Crippen molar-refractivity contribution in [2.75, 3.05) is 30.8 Å². The van der Waals surface area contributed by atoms with Gasteiger partial charge in [0.15, 0.2) is 5.65 Å². The third kappa shape index (κ3) is 3.25. The molecule has 28 heavy (non-hydrogen) atoms. The second-order valence-electron chi connectivity index (χ2n) is 8.31. The normalized spacial score (nSPS) is 15.2. The molecule has 0 atom stereocenters. The lowest BCUT2D eigenvalue weighted by Crippen LogP contribution is -2.31. The summed E-state index contributed by atoms with van der Waals surface area (Å²) in [6.07, 6.45) is 3.59. The van der Waals surface area contributed by atoms with Crippen LogP contribution in [0.1, 0.15) is 40.0 Å². The Kier molecular flexibility index (Phi) is 4.61. The van der Waals surface area contributed by atoms with Crippen molar-refractivity contribution in [2.45, 2.75) is 45.6 Å². The number of piperidine rings is 1. The van der Waals surface area contributed by atoms with Crippen LogP contribution >= 0.6 is 0 Å². The Balaban J connectivity index is 1.94. The first kappa shape index (κ1) is 18.5.